The standard InChI is InChI=1S/C23H39NO3S/c1-3-5-6-7-8-9-10-11-12-13-14-15-16-17-21(25)23-24-20(19-28-23)18-22(26)27-4-2/h19H,3-18H2,1-2H3. The van der Waals surface area contributed by atoms with Gasteiger partial charge in [-0.1, -0.05) is 84.0 Å². The molecule has 0 aliphatic carbocycles. The van der Waals surface area contributed by atoms with E-state index in [-0.39, 0.29) is 18.2 Å². The van der Waals surface area contributed by atoms with Gasteiger partial charge in [-0.25, -0.2) is 4.98 Å². The molecular weight excluding hydrogens is 370 g/mol. The van der Waals surface area contributed by atoms with Gasteiger partial charge in [-0.05, 0) is 13.3 Å². The second-order valence-electron chi connectivity index (χ2n) is 7.54. The molecule has 0 radical (unpaired) electrons. The molecule has 0 saturated carbocycles. The third-order valence-electron chi connectivity index (χ3n) is 4.93. The van der Waals surface area contributed by atoms with Crippen LogP contribution >= 0.6 is 11.3 Å². The highest BCUT2D eigenvalue weighted by Crippen LogP contribution is 2.16. The van der Waals surface area contributed by atoms with Gasteiger partial charge in [0.2, 0.25) is 0 Å². The summed E-state index contributed by atoms with van der Waals surface area (Å²) in [5, 5.41) is 2.31. The van der Waals surface area contributed by atoms with E-state index in [9.17, 15) is 9.59 Å². The minimum atomic E-state index is -0.289. The van der Waals surface area contributed by atoms with Crippen molar-refractivity contribution in [3.05, 3.63) is 16.1 Å². The molecule has 28 heavy (non-hydrogen) atoms. The van der Waals surface area contributed by atoms with Gasteiger partial charge in [0.25, 0.3) is 0 Å². The van der Waals surface area contributed by atoms with Gasteiger partial charge < -0.3 is 4.74 Å². The summed E-state index contributed by atoms with van der Waals surface area (Å²) in [6.45, 7) is 4.41. The Morgan fingerprint density at radius 3 is 1.93 bits per heavy atom. The third kappa shape index (κ3) is 12.3. The summed E-state index contributed by atoms with van der Waals surface area (Å²) in [6.07, 6.45) is 17.6. The molecule has 0 unspecified atom stereocenters. The van der Waals surface area contributed by atoms with Crippen molar-refractivity contribution in [3.8, 4) is 0 Å². The van der Waals surface area contributed by atoms with Crippen LogP contribution in [0.1, 0.15) is 119 Å². The van der Waals surface area contributed by atoms with Crippen LogP contribution < -0.4 is 0 Å². The van der Waals surface area contributed by atoms with Gasteiger partial charge in [0.1, 0.15) is 0 Å². The number of carbonyl (C=O) groups excluding carboxylic acids is 2. The molecule has 0 aliphatic rings. The van der Waals surface area contributed by atoms with Crippen LogP contribution in [0.25, 0.3) is 0 Å². The molecule has 0 saturated heterocycles. The van der Waals surface area contributed by atoms with E-state index in [0.717, 1.165) is 12.8 Å². The maximum Gasteiger partial charge on any atom is 0.311 e. The maximum absolute atomic E-state index is 12.2. The van der Waals surface area contributed by atoms with E-state index in [2.05, 4.69) is 11.9 Å². The highest BCUT2D eigenvalue weighted by Gasteiger charge is 2.13. The number of ether oxygens (including phenoxy) is 1. The zero-order valence-corrected chi connectivity index (χ0v) is 18.8. The lowest BCUT2D eigenvalue weighted by atomic mass is 10.0. The summed E-state index contributed by atoms with van der Waals surface area (Å²) in [4.78, 5) is 27.9. The summed E-state index contributed by atoms with van der Waals surface area (Å²) in [5.74, 6) is -0.188. The number of thiazole rings is 1. The van der Waals surface area contributed by atoms with E-state index >= 15 is 0 Å². The SMILES string of the molecule is CCCCCCCCCCCCCCCC(=O)c1nc(CC(=O)OCC)cs1. The second kappa shape index (κ2) is 16.7. The molecule has 1 heterocycles. The van der Waals surface area contributed by atoms with Crippen LogP contribution in [0.4, 0.5) is 0 Å². The summed E-state index contributed by atoms with van der Waals surface area (Å²) in [6, 6.07) is 0. The monoisotopic (exact) mass is 409 g/mol. The Morgan fingerprint density at radius 2 is 1.39 bits per heavy atom. The smallest absolute Gasteiger partial charge is 0.311 e. The van der Waals surface area contributed by atoms with Crippen molar-refractivity contribution in [1.29, 1.82) is 0 Å². The lowest BCUT2D eigenvalue weighted by molar-refractivity contribution is -0.142. The predicted molar refractivity (Wildman–Crippen MR) is 117 cm³/mol. The minimum absolute atomic E-state index is 0.100. The number of hydrogen-bond donors (Lipinski definition) is 0. The van der Waals surface area contributed by atoms with Crippen LogP contribution in [0.5, 0.6) is 0 Å². The topological polar surface area (TPSA) is 56.3 Å². The van der Waals surface area contributed by atoms with E-state index in [1.165, 1.54) is 82.0 Å². The molecular formula is C23H39NO3S. The Bertz CT molecular complexity index is 542. The van der Waals surface area contributed by atoms with E-state index < -0.39 is 0 Å². The van der Waals surface area contributed by atoms with E-state index in [1.54, 1.807) is 12.3 Å². The number of Topliss-reactive ketones (excluding diaryl/α,β-unsaturated/α-hetero) is 1. The van der Waals surface area contributed by atoms with Crippen LogP contribution in [-0.2, 0) is 16.0 Å². The van der Waals surface area contributed by atoms with Gasteiger partial charge in [0.15, 0.2) is 10.8 Å². The van der Waals surface area contributed by atoms with Crippen LogP contribution in [0.15, 0.2) is 5.38 Å². The Hall–Kier alpha value is -1.23. The number of hydrogen-bond acceptors (Lipinski definition) is 5. The van der Waals surface area contributed by atoms with Gasteiger partial charge in [0.05, 0.1) is 18.7 Å². The fraction of sp³-hybridized carbons (Fsp3) is 0.783. The molecule has 1 aromatic heterocycles. The zero-order valence-electron chi connectivity index (χ0n) is 18.0. The van der Waals surface area contributed by atoms with Crippen molar-refractivity contribution in [3.63, 3.8) is 0 Å². The van der Waals surface area contributed by atoms with E-state index in [1.807, 2.05) is 0 Å². The number of nitrogens with zero attached hydrogens (tertiary/aromatic N) is 1. The molecule has 0 amide bonds. The number of rotatable bonds is 18. The van der Waals surface area contributed by atoms with Gasteiger partial charge in [0, 0.05) is 11.8 Å². The fourth-order valence-electron chi connectivity index (χ4n) is 3.29. The van der Waals surface area contributed by atoms with E-state index in [0.29, 0.717) is 23.7 Å². The predicted octanol–water partition coefficient (Wildman–Crippen LogP) is 6.91. The first-order valence-electron chi connectivity index (χ1n) is 11.3. The quantitative estimate of drug-likeness (QED) is 0.150. The van der Waals surface area contributed by atoms with Crippen molar-refractivity contribution in [2.45, 2.75) is 110 Å². The Labute approximate surface area is 175 Å². The van der Waals surface area contributed by atoms with Gasteiger partial charge >= 0.3 is 5.97 Å². The van der Waals surface area contributed by atoms with Crippen LogP contribution in [-0.4, -0.2) is 23.3 Å². The molecule has 0 spiro atoms. The first-order chi connectivity index (χ1) is 13.7. The highest BCUT2D eigenvalue weighted by molar-refractivity contribution is 7.11. The average molecular weight is 410 g/mol. The molecule has 0 aromatic carbocycles. The largest absolute Gasteiger partial charge is 0.466 e. The number of esters is 1. The lowest BCUT2D eigenvalue weighted by Crippen LogP contribution is -2.08. The van der Waals surface area contributed by atoms with Crippen molar-refractivity contribution in [2.75, 3.05) is 6.61 Å². The first-order valence-corrected chi connectivity index (χ1v) is 12.2. The Morgan fingerprint density at radius 1 is 0.857 bits per heavy atom. The van der Waals surface area contributed by atoms with Crippen LogP contribution in [0, 0.1) is 0 Å². The molecule has 0 aliphatic heterocycles. The van der Waals surface area contributed by atoms with Gasteiger partial charge in [-0.3, -0.25) is 9.59 Å². The summed E-state index contributed by atoms with van der Waals surface area (Å²) in [7, 11) is 0. The fourth-order valence-corrected chi connectivity index (χ4v) is 4.07. The molecule has 1 rings (SSSR count). The van der Waals surface area contributed by atoms with E-state index in [4.69, 9.17) is 4.74 Å². The first kappa shape index (κ1) is 24.8. The Kier molecular flexibility index (Phi) is 14.8. The van der Waals surface area contributed by atoms with Gasteiger partial charge in [-0.2, -0.15) is 0 Å². The minimum Gasteiger partial charge on any atom is -0.466 e. The molecule has 1 aromatic rings. The molecule has 4 nitrogen and oxygen atoms in total. The average Bonchev–Trinajstić information content (AvgIpc) is 3.14. The van der Waals surface area contributed by atoms with Crippen LogP contribution in [0.3, 0.4) is 0 Å². The van der Waals surface area contributed by atoms with Gasteiger partial charge in [-0.15, -0.1) is 11.3 Å². The number of aromatic nitrogens is 1. The molecule has 160 valence electrons. The molecule has 5 heteroatoms. The number of ketones is 1. The third-order valence-corrected chi connectivity index (χ3v) is 5.86. The molecule has 0 N–H and O–H groups in total. The highest BCUT2D eigenvalue weighted by atomic mass is 32.1. The van der Waals surface area contributed by atoms with Crippen molar-refractivity contribution in [1.82, 2.24) is 4.98 Å². The Balaban J connectivity index is 1.98. The summed E-state index contributed by atoms with van der Waals surface area (Å²) < 4.78 is 4.91. The van der Waals surface area contributed by atoms with Crippen molar-refractivity contribution in [2.24, 2.45) is 0 Å². The van der Waals surface area contributed by atoms with Crippen molar-refractivity contribution >= 4 is 23.1 Å². The lowest BCUT2D eigenvalue weighted by Gasteiger charge is -2.03. The number of carbonyl (C=O) groups is 2. The second-order valence-corrected chi connectivity index (χ2v) is 8.40. The number of unbranched alkanes of at least 4 members (excludes halogenated alkanes) is 12. The van der Waals surface area contributed by atoms with Crippen LogP contribution in [0.2, 0.25) is 0 Å². The molecule has 0 fully saturated rings. The summed E-state index contributed by atoms with van der Waals surface area (Å²) >= 11 is 1.33. The summed E-state index contributed by atoms with van der Waals surface area (Å²) in [5.41, 5.74) is 0.636. The molecule has 0 atom stereocenters. The molecule has 0 bridgehead atoms. The maximum atomic E-state index is 12.2. The zero-order chi connectivity index (χ0) is 20.5. The normalized spacial score (nSPS) is 10.9. The van der Waals surface area contributed by atoms with Crippen molar-refractivity contribution < 1.29 is 14.3 Å².